The van der Waals surface area contributed by atoms with Crippen molar-refractivity contribution in [2.75, 3.05) is 0 Å². The summed E-state index contributed by atoms with van der Waals surface area (Å²) in [5.41, 5.74) is 2.24. The fraction of sp³-hybridized carbons (Fsp3) is 0.136. The Bertz CT molecular complexity index is 1100. The second-order valence-corrected chi connectivity index (χ2v) is 7.29. The number of benzene rings is 2. The van der Waals surface area contributed by atoms with Crippen LogP contribution in [0.1, 0.15) is 27.7 Å². The van der Waals surface area contributed by atoms with Crippen LogP contribution in [0.3, 0.4) is 0 Å². The predicted molar refractivity (Wildman–Crippen MR) is 108 cm³/mol. The van der Waals surface area contributed by atoms with Crippen LogP contribution in [0.5, 0.6) is 0 Å². The third kappa shape index (κ3) is 4.75. The molecule has 0 fully saturated rings. The largest absolute Gasteiger partial charge is 0.452 e. The van der Waals surface area contributed by atoms with Gasteiger partial charge in [0.25, 0.3) is 0 Å². The molecule has 0 aliphatic rings. The number of esters is 1. The number of aryl methyl sites for hydroxylation is 1. The van der Waals surface area contributed by atoms with Crippen LogP contribution in [0.25, 0.3) is 11.3 Å². The molecule has 7 heteroatoms. The first-order valence-electron chi connectivity index (χ1n) is 9.00. The number of rotatable bonds is 7. The van der Waals surface area contributed by atoms with Gasteiger partial charge in [-0.15, -0.1) is 11.8 Å². The lowest BCUT2D eigenvalue weighted by Gasteiger charge is -2.07. The van der Waals surface area contributed by atoms with Gasteiger partial charge in [0.05, 0.1) is 17.5 Å². The van der Waals surface area contributed by atoms with Gasteiger partial charge in [0.2, 0.25) is 5.89 Å². The molecule has 0 radical (unpaired) electrons. The number of carbonyl (C=O) groups is 1. The zero-order valence-corrected chi connectivity index (χ0v) is 16.5. The van der Waals surface area contributed by atoms with Gasteiger partial charge >= 0.3 is 5.97 Å². The van der Waals surface area contributed by atoms with Crippen molar-refractivity contribution in [2.45, 2.75) is 24.2 Å². The van der Waals surface area contributed by atoms with E-state index in [9.17, 15) is 4.79 Å². The Morgan fingerprint density at radius 3 is 2.69 bits per heavy atom. The number of nitrogens with zero attached hydrogens (tertiary/aromatic N) is 2. The molecule has 0 spiro atoms. The average molecular weight is 406 g/mol. The number of hydrogen-bond acceptors (Lipinski definition) is 7. The van der Waals surface area contributed by atoms with E-state index in [0.29, 0.717) is 23.0 Å². The maximum absolute atomic E-state index is 12.6. The van der Waals surface area contributed by atoms with Gasteiger partial charge in [-0.3, -0.25) is 0 Å². The van der Waals surface area contributed by atoms with Gasteiger partial charge in [0.15, 0.2) is 12.4 Å². The lowest BCUT2D eigenvalue weighted by atomic mass is 10.2. The molecular formula is C22H18N2O4S. The molecule has 6 nitrogen and oxygen atoms in total. The topological polar surface area (TPSA) is 78.4 Å². The molecule has 2 heterocycles. The highest BCUT2D eigenvalue weighted by Crippen LogP contribution is 2.27. The van der Waals surface area contributed by atoms with Gasteiger partial charge in [-0.2, -0.15) is 0 Å². The molecule has 4 rings (SSSR count). The van der Waals surface area contributed by atoms with Crippen LogP contribution < -0.4 is 0 Å². The summed E-state index contributed by atoms with van der Waals surface area (Å²) in [5, 5.41) is 3.98. The molecule has 0 aliphatic heterocycles. The summed E-state index contributed by atoms with van der Waals surface area (Å²) in [5.74, 6) is 1.91. The van der Waals surface area contributed by atoms with Crippen LogP contribution in [-0.4, -0.2) is 16.1 Å². The van der Waals surface area contributed by atoms with E-state index in [1.165, 1.54) is 11.8 Å². The Hall–Kier alpha value is -3.32. The van der Waals surface area contributed by atoms with Crippen molar-refractivity contribution in [2.24, 2.45) is 0 Å². The monoisotopic (exact) mass is 406 g/mol. The summed E-state index contributed by atoms with van der Waals surface area (Å²) >= 11 is 1.50. The first-order valence-corrected chi connectivity index (χ1v) is 9.99. The van der Waals surface area contributed by atoms with Gasteiger partial charge in [0.1, 0.15) is 5.76 Å². The zero-order valence-electron chi connectivity index (χ0n) is 15.7. The molecular weight excluding hydrogens is 388 g/mol. The van der Waals surface area contributed by atoms with Crippen molar-refractivity contribution in [1.82, 2.24) is 10.1 Å². The van der Waals surface area contributed by atoms with Crippen molar-refractivity contribution in [3.05, 3.63) is 89.8 Å². The van der Waals surface area contributed by atoms with Gasteiger partial charge in [0, 0.05) is 22.3 Å². The van der Waals surface area contributed by atoms with E-state index in [2.05, 4.69) is 10.1 Å². The molecule has 0 unspecified atom stereocenters. The first-order chi connectivity index (χ1) is 14.2. The third-order valence-electron chi connectivity index (χ3n) is 4.10. The number of thioether (sulfide) groups is 1. The molecule has 0 amide bonds. The van der Waals surface area contributed by atoms with Gasteiger partial charge in [-0.05, 0) is 19.1 Å². The normalized spacial score (nSPS) is 10.8. The maximum Gasteiger partial charge on any atom is 0.339 e. The predicted octanol–water partition coefficient (Wildman–Crippen LogP) is 5.29. The standard InChI is InChI=1S/C22H18N2O4S/c1-15-11-17(24-28-15)14-29-20-10-6-5-9-18(20)22(25)26-13-21-23-12-19(27-21)16-7-3-2-4-8-16/h2-12H,13-14H2,1H3. The molecule has 4 aromatic rings. The molecule has 0 saturated heterocycles. The third-order valence-corrected chi connectivity index (χ3v) is 5.21. The van der Waals surface area contributed by atoms with E-state index in [1.54, 1.807) is 18.3 Å². The summed E-state index contributed by atoms with van der Waals surface area (Å²) in [6, 6.07) is 18.8. The summed E-state index contributed by atoms with van der Waals surface area (Å²) in [6.45, 7) is 1.81. The fourth-order valence-electron chi connectivity index (χ4n) is 2.72. The minimum absolute atomic E-state index is 0.0346. The van der Waals surface area contributed by atoms with Crippen molar-refractivity contribution < 1.29 is 18.5 Å². The van der Waals surface area contributed by atoms with Crippen LogP contribution in [0, 0.1) is 6.92 Å². The van der Waals surface area contributed by atoms with Gasteiger partial charge < -0.3 is 13.7 Å². The highest BCUT2D eigenvalue weighted by Gasteiger charge is 2.15. The molecule has 29 heavy (non-hydrogen) atoms. The summed E-state index contributed by atoms with van der Waals surface area (Å²) in [4.78, 5) is 17.6. The lowest BCUT2D eigenvalue weighted by Crippen LogP contribution is -2.06. The van der Waals surface area contributed by atoms with Crippen molar-refractivity contribution in [1.29, 1.82) is 0 Å². The van der Waals surface area contributed by atoms with Crippen molar-refractivity contribution in [3.63, 3.8) is 0 Å². The number of hydrogen-bond donors (Lipinski definition) is 0. The highest BCUT2D eigenvalue weighted by molar-refractivity contribution is 7.98. The minimum Gasteiger partial charge on any atom is -0.452 e. The summed E-state index contributed by atoms with van der Waals surface area (Å²) in [6.07, 6.45) is 1.63. The molecule has 146 valence electrons. The quantitative estimate of drug-likeness (QED) is 0.305. The Balaban J connectivity index is 1.39. The Kier molecular flexibility index (Phi) is 5.76. The highest BCUT2D eigenvalue weighted by atomic mass is 32.2. The number of ether oxygens (including phenoxy) is 1. The molecule has 0 saturated carbocycles. The average Bonchev–Trinajstić information content (AvgIpc) is 3.40. The van der Waals surface area contributed by atoms with Crippen LogP contribution in [0.4, 0.5) is 0 Å². The van der Waals surface area contributed by atoms with Gasteiger partial charge in [-0.25, -0.2) is 9.78 Å². The summed E-state index contributed by atoms with van der Waals surface area (Å²) < 4.78 is 16.2. The smallest absolute Gasteiger partial charge is 0.339 e. The number of carbonyl (C=O) groups excluding carboxylic acids is 1. The molecule has 0 bridgehead atoms. The SMILES string of the molecule is Cc1cc(CSc2ccccc2C(=O)OCc2ncc(-c3ccccc3)o2)no1. The Morgan fingerprint density at radius 2 is 1.90 bits per heavy atom. The van der Waals surface area contributed by atoms with E-state index in [0.717, 1.165) is 21.9 Å². The van der Waals surface area contributed by atoms with Gasteiger partial charge in [-0.1, -0.05) is 47.6 Å². The van der Waals surface area contributed by atoms with Crippen LogP contribution in [-0.2, 0) is 17.1 Å². The molecule has 0 N–H and O–H groups in total. The second kappa shape index (κ2) is 8.79. The second-order valence-electron chi connectivity index (χ2n) is 6.27. The molecule has 0 aliphatic carbocycles. The Morgan fingerprint density at radius 1 is 1.10 bits per heavy atom. The van der Waals surface area contributed by atoms with E-state index < -0.39 is 5.97 Å². The zero-order chi connectivity index (χ0) is 20.1. The van der Waals surface area contributed by atoms with E-state index in [1.807, 2.05) is 55.5 Å². The lowest BCUT2D eigenvalue weighted by molar-refractivity contribution is 0.0435. The van der Waals surface area contributed by atoms with Crippen LogP contribution >= 0.6 is 11.8 Å². The molecule has 0 atom stereocenters. The molecule has 2 aromatic heterocycles. The Labute approximate surface area is 171 Å². The van der Waals surface area contributed by atoms with E-state index in [4.69, 9.17) is 13.7 Å². The van der Waals surface area contributed by atoms with Crippen molar-refractivity contribution in [3.8, 4) is 11.3 Å². The van der Waals surface area contributed by atoms with Crippen LogP contribution in [0.15, 0.2) is 80.7 Å². The van der Waals surface area contributed by atoms with E-state index in [-0.39, 0.29) is 6.61 Å². The first kappa shape index (κ1) is 19.0. The summed E-state index contributed by atoms with van der Waals surface area (Å²) in [7, 11) is 0. The maximum atomic E-state index is 12.6. The van der Waals surface area contributed by atoms with E-state index >= 15 is 0 Å². The minimum atomic E-state index is -0.427. The number of oxazole rings is 1. The van der Waals surface area contributed by atoms with Crippen LogP contribution in [0.2, 0.25) is 0 Å². The fourth-order valence-corrected chi connectivity index (χ4v) is 3.64. The molecule has 2 aromatic carbocycles. The van der Waals surface area contributed by atoms with Crippen molar-refractivity contribution >= 4 is 17.7 Å². The number of aromatic nitrogens is 2.